The Kier molecular flexibility index (Phi) is 6.16. The van der Waals surface area contributed by atoms with Crippen LogP contribution in [-0.2, 0) is 19.1 Å². The van der Waals surface area contributed by atoms with Crippen molar-refractivity contribution < 1.29 is 58.6 Å². The topological polar surface area (TPSA) is 101 Å². The van der Waals surface area contributed by atoms with Crippen molar-refractivity contribution in [3.05, 3.63) is 30.3 Å². The van der Waals surface area contributed by atoms with Crippen molar-refractivity contribution in [3.8, 4) is 0 Å². The molecule has 0 aliphatic heterocycles. The van der Waals surface area contributed by atoms with E-state index in [-0.39, 0.29) is 35.9 Å². The molecule has 0 saturated heterocycles. The molecule has 8 heteroatoms. The van der Waals surface area contributed by atoms with E-state index in [1.54, 1.807) is 6.07 Å². The van der Waals surface area contributed by atoms with Crippen LogP contribution in [0.5, 0.6) is 0 Å². The Balaban J connectivity index is 0. The molecular weight excluding hydrogens is 247 g/mol. The summed E-state index contributed by atoms with van der Waals surface area (Å²) in [4.78, 5) is 10.4. The van der Waals surface area contributed by atoms with Gasteiger partial charge in [-0.05, 0) is 12.1 Å². The standard InChI is InChI=1S/C8H8O6S.Na.H/c9-7(10)8(11)14-15(12,13)6-4-2-1-3-5-6;;/h1-5,7,9-10H;;/q;+1;-1. The Morgan fingerprint density at radius 1 is 1.25 bits per heavy atom. The predicted molar refractivity (Wildman–Crippen MR) is 49.1 cm³/mol. The molecule has 2 N–H and O–H groups in total. The maximum absolute atomic E-state index is 11.3. The van der Waals surface area contributed by atoms with Gasteiger partial charge in [0.05, 0.1) is 0 Å². The monoisotopic (exact) mass is 256 g/mol. The molecular formula is C8H9NaO6S. The fourth-order valence-corrected chi connectivity index (χ4v) is 1.68. The van der Waals surface area contributed by atoms with Crippen molar-refractivity contribution in [1.29, 1.82) is 0 Å². The molecule has 1 rings (SSSR count). The van der Waals surface area contributed by atoms with E-state index < -0.39 is 22.4 Å². The van der Waals surface area contributed by atoms with Crippen LogP contribution < -0.4 is 29.6 Å². The Morgan fingerprint density at radius 3 is 2.19 bits per heavy atom. The van der Waals surface area contributed by atoms with Crippen LogP contribution in [0, 0.1) is 0 Å². The van der Waals surface area contributed by atoms with Crippen LogP contribution in [0.4, 0.5) is 0 Å². The molecule has 0 heterocycles. The summed E-state index contributed by atoms with van der Waals surface area (Å²) in [6.45, 7) is 0. The third-order valence-electron chi connectivity index (χ3n) is 1.43. The molecule has 0 fully saturated rings. The molecule has 0 radical (unpaired) electrons. The third-order valence-corrected chi connectivity index (χ3v) is 2.67. The molecule has 0 aliphatic rings. The van der Waals surface area contributed by atoms with Crippen LogP contribution >= 0.6 is 0 Å². The average Bonchev–Trinajstić information content (AvgIpc) is 2.18. The predicted octanol–water partition coefficient (Wildman–Crippen LogP) is -3.65. The average molecular weight is 256 g/mol. The zero-order valence-electron chi connectivity index (χ0n) is 9.40. The van der Waals surface area contributed by atoms with Gasteiger partial charge in [0.25, 0.3) is 6.29 Å². The Labute approximate surface area is 116 Å². The molecule has 84 valence electrons. The maximum atomic E-state index is 11.3. The molecule has 0 aromatic heterocycles. The SMILES string of the molecule is O=C(OS(=O)(=O)c1ccccc1)C(O)O.[H-].[Na+]. The molecule has 0 saturated carbocycles. The van der Waals surface area contributed by atoms with Gasteiger partial charge in [-0.3, -0.25) is 0 Å². The fraction of sp³-hybridized carbons (Fsp3) is 0.125. The molecule has 0 atom stereocenters. The van der Waals surface area contributed by atoms with Gasteiger partial charge in [0.15, 0.2) is 0 Å². The van der Waals surface area contributed by atoms with E-state index in [0.29, 0.717) is 0 Å². The first-order chi connectivity index (χ1) is 6.93. The summed E-state index contributed by atoms with van der Waals surface area (Å²) >= 11 is 0. The van der Waals surface area contributed by atoms with Crippen LogP contribution in [0.3, 0.4) is 0 Å². The normalized spacial score (nSPS) is 10.7. The van der Waals surface area contributed by atoms with E-state index >= 15 is 0 Å². The Morgan fingerprint density at radius 2 is 1.75 bits per heavy atom. The molecule has 0 unspecified atom stereocenters. The van der Waals surface area contributed by atoms with E-state index in [1.165, 1.54) is 24.3 Å². The van der Waals surface area contributed by atoms with Crippen molar-refractivity contribution in [1.82, 2.24) is 0 Å². The van der Waals surface area contributed by atoms with Gasteiger partial charge in [-0.15, -0.1) is 0 Å². The van der Waals surface area contributed by atoms with Crippen LogP contribution in [0.15, 0.2) is 35.2 Å². The van der Waals surface area contributed by atoms with E-state index in [0.717, 1.165) is 0 Å². The van der Waals surface area contributed by atoms with Crippen molar-refractivity contribution in [2.24, 2.45) is 0 Å². The molecule has 16 heavy (non-hydrogen) atoms. The van der Waals surface area contributed by atoms with Crippen molar-refractivity contribution >= 4 is 16.1 Å². The van der Waals surface area contributed by atoms with Crippen LogP contribution in [-0.4, -0.2) is 30.9 Å². The van der Waals surface area contributed by atoms with Crippen molar-refractivity contribution in [2.75, 3.05) is 0 Å². The van der Waals surface area contributed by atoms with E-state index in [4.69, 9.17) is 10.2 Å². The number of hydrogen-bond acceptors (Lipinski definition) is 6. The number of benzene rings is 1. The number of rotatable bonds is 3. The van der Waals surface area contributed by atoms with Gasteiger partial charge in [0.1, 0.15) is 4.90 Å². The van der Waals surface area contributed by atoms with Crippen LogP contribution in [0.1, 0.15) is 1.43 Å². The Hall–Kier alpha value is -0.440. The minimum Gasteiger partial charge on any atom is -1.00 e. The van der Waals surface area contributed by atoms with Crippen molar-refractivity contribution in [3.63, 3.8) is 0 Å². The maximum Gasteiger partial charge on any atom is 1.00 e. The summed E-state index contributed by atoms with van der Waals surface area (Å²) < 4.78 is 26.5. The molecule has 0 spiro atoms. The minimum absolute atomic E-state index is 0. The number of carbonyl (C=O) groups excluding carboxylic acids is 1. The summed E-state index contributed by atoms with van der Waals surface area (Å²) in [5.41, 5.74) is 0. The molecule has 1 aromatic carbocycles. The second-order valence-corrected chi connectivity index (χ2v) is 4.09. The summed E-state index contributed by atoms with van der Waals surface area (Å²) in [5, 5.41) is 16.7. The van der Waals surface area contributed by atoms with Gasteiger partial charge in [-0.1, -0.05) is 18.2 Å². The van der Waals surface area contributed by atoms with Gasteiger partial charge < -0.3 is 15.8 Å². The number of hydrogen-bond donors (Lipinski definition) is 2. The number of aliphatic hydroxyl groups is 2. The van der Waals surface area contributed by atoms with Gasteiger partial charge in [-0.2, -0.15) is 8.42 Å². The first-order valence-corrected chi connectivity index (χ1v) is 5.24. The van der Waals surface area contributed by atoms with Gasteiger partial charge >= 0.3 is 45.6 Å². The number of carbonyl (C=O) groups is 1. The summed E-state index contributed by atoms with van der Waals surface area (Å²) in [7, 11) is -4.27. The molecule has 6 nitrogen and oxygen atoms in total. The minimum atomic E-state index is -4.27. The first kappa shape index (κ1) is 15.6. The smallest absolute Gasteiger partial charge is 1.00 e. The molecule has 1 aromatic rings. The molecule has 0 aliphatic carbocycles. The third kappa shape index (κ3) is 4.20. The summed E-state index contributed by atoms with van der Waals surface area (Å²) in [6, 6.07) is 6.90. The van der Waals surface area contributed by atoms with E-state index in [1.807, 2.05) is 0 Å². The van der Waals surface area contributed by atoms with Crippen LogP contribution in [0.2, 0.25) is 0 Å². The van der Waals surface area contributed by atoms with Gasteiger partial charge in [-0.25, -0.2) is 4.79 Å². The molecule has 0 bridgehead atoms. The summed E-state index contributed by atoms with van der Waals surface area (Å²) in [5.74, 6) is -1.64. The second kappa shape index (κ2) is 6.33. The van der Waals surface area contributed by atoms with E-state index in [9.17, 15) is 13.2 Å². The Bertz CT molecular complexity index is 446. The van der Waals surface area contributed by atoms with Gasteiger partial charge in [0.2, 0.25) is 0 Å². The summed E-state index contributed by atoms with van der Waals surface area (Å²) in [6.07, 6.45) is -2.47. The zero-order chi connectivity index (χ0) is 11.5. The van der Waals surface area contributed by atoms with Gasteiger partial charge in [0, 0.05) is 0 Å². The number of aliphatic hydroxyl groups excluding tert-OH is 1. The first-order valence-electron chi connectivity index (χ1n) is 3.83. The molecule has 0 amide bonds. The van der Waals surface area contributed by atoms with Crippen molar-refractivity contribution in [2.45, 2.75) is 11.2 Å². The zero-order valence-corrected chi connectivity index (χ0v) is 11.2. The van der Waals surface area contributed by atoms with Crippen LogP contribution in [0.25, 0.3) is 0 Å². The quantitative estimate of drug-likeness (QED) is 0.328. The largest absolute Gasteiger partial charge is 1.00 e. The second-order valence-electron chi connectivity index (χ2n) is 2.54. The fourth-order valence-electron chi connectivity index (χ4n) is 0.786. The van der Waals surface area contributed by atoms with E-state index in [2.05, 4.69) is 4.18 Å².